The molecule has 1 aromatic carbocycles. The highest BCUT2D eigenvalue weighted by Crippen LogP contribution is 2.40. The Labute approximate surface area is 212 Å². The van der Waals surface area contributed by atoms with E-state index < -0.39 is 35.5 Å². The van der Waals surface area contributed by atoms with Crippen LogP contribution in [0.3, 0.4) is 0 Å². The maximum atomic E-state index is 14.9. The summed E-state index contributed by atoms with van der Waals surface area (Å²) in [6, 6.07) is 2.40. The number of likely N-dealkylation sites (tertiary alicyclic amines) is 1. The molecule has 37 heavy (non-hydrogen) atoms. The van der Waals surface area contributed by atoms with Crippen LogP contribution in [0.2, 0.25) is 0 Å². The third kappa shape index (κ3) is 5.21. The zero-order chi connectivity index (χ0) is 26.3. The fourth-order valence-electron chi connectivity index (χ4n) is 5.31. The number of benzene rings is 1. The second-order valence-corrected chi connectivity index (χ2v) is 10.2. The monoisotopic (exact) mass is 519 g/mol. The number of ether oxygens (including phenoxy) is 1. The molecule has 3 aliphatic rings. The van der Waals surface area contributed by atoms with Crippen molar-refractivity contribution in [3.05, 3.63) is 64.7 Å². The van der Waals surface area contributed by atoms with Crippen molar-refractivity contribution >= 4 is 11.8 Å². The molecule has 6 nitrogen and oxygen atoms in total. The Hall–Kier alpha value is -3.01. The zero-order valence-corrected chi connectivity index (χ0v) is 20.4. The highest BCUT2D eigenvalue weighted by molar-refractivity contribution is 5.98. The molecule has 1 saturated carbocycles. The van der Waals surface area contributed by atoms with Gasteiger partial charge in [-0.05, 0) is 61.8 Å². The quantitative estimate of drug-likeness (QED) is 0.523. The highest BCUT2D eigenvalue weighted by Gasteiger charge is 2.43. The van der Waals surface area contributed by atoms with Crippen molar-refractivity contribution in [3.8, 4) is 0 Å². The first kappa shape index (κ1) is 25.6. The average Bonchev–Trinajstić information content (AvgIpc) is 3.60. The van der Waals surface area contributed by atoms with Crippen molar-refractivity contribution in [2.45, 2.75) is 69.2 Å². The van der Waals surface area contributed by atoms with Gasteiger partial charge in [-0.2, -0.15) is 13.2 Å². The Morgan fingerprint density at radius 1 is 1.14 bits per heavy atom. The van der Waals surface area contributed by atoms with Crippen LogP contribution in [0.4, 0.5) is 17.6 Å². The van der Waals surface area contributed by atoms with Crippen molar-refractivity contribution in [1.82, 2.24) is 15.2 Å². The van der Waals surface area contributed by atoms with Crippen LogP contribution < -0.4 is 5.32 Å². The van der Waals surface area contributed by atoms with Gasteiger partial charge in [0.05, 0.1) is 30.4 Å². The van der Waals surface area contributed by atoms with E-state index in [9.17, 15) is 27.2 Å². The van der Waals surface area contributed by atoms with Gasteiger partial charge in [0.25, 0.3) is 5.91 Å². The number of hydrogen-bond donors (Lipinski definition) is 1. The van der Waals surface area contributed by atoms with E-state index in [-0.39, 0.29) is 36.6 Å². The summed E-state index contributed by atoms with van der Waals surface area (Å²) in [6.07, 6.45) is 2.49. The third-order valence-electron chi connectivity index (χ3n) is 7.66. The number of alkyl halides is 3. The summed E-state index contributed by atoms with van der Waals surface area (Å²) in [5.41, 5.74) is 0.324. The topological polar surface area (TPSA) is 71.5 Å². The number of rotatable bonds is 7. The Kier molecular flexibility index (Phi) is 6.95. The van der Waals surface area contributed by atoms with Crippen LogP contribution in [-0.4, -0.2) is 47.0 Å². The molecule has 2 saturated heterocycles. The van der Waals surface area contributed by atoms with Gasteiger partial charge in [-0.25, -0.2) is 4.39 Å². The molecule has 198 valence electrons. The number of hydrogen-bond acceptors (Lipinski definition) is 4. The number of nitrogens with one attached hydrogen (secondary N) is 1. The van der Waals surface area contributed by atoms with Crippen LogP contribution >= 0.6 is 0 Å². The normalized spacial score (nSPS) is 23.0. The van der Waals surface area contributed by atoms with Crippen molar-refractivity contribution in [2.75, 3.05) is 13.2 Å². The van der Waals surface area contributed by atoms with Crippen molar-refractivity contribution < 1.29 is 31.9 Å². The van der Waals surface area contributed by atoms with Crippen LogP contribution in [-0.2, 0) is 15.7 Å². The molecule has 0 spiro atoms. The SMILES string of the molecule is CC[C@@H]1CC[C@H](C(=O)NC(c2ccc(C(F)(F)F)cc2F)C2COC2)N1C(=O)c1cncc(C2CC2)c1. The second-order valence-electron chi connectivity index (χ2n) is 10.2. The molecular weight excluding hydrogens is 490 g/mol. The number of pyridine rings is 1. The first-order chi connectivity index (χ1) is 17.7. The van der Waals surface area contributed by atoms with E-state index >= 15 is 0 Å². The molecule has 1 N–H and O–H groups in total. The number of carbonyl (C=O) groups excluding carboxylic acids is 2. The smallest absolute Gasteiger partial charge is 0.381 e. The molecule has 2 amide bonds. The zero-order valence-electron chi connectivity index (χ0n) is 20.4. The van der Waals surface area contributed by atoms with Crippen LogP contribution in [0.1, 0.15) is 78.0 Å². The van der Waals surface area contributed by atoms with Gasteiger partial charge in [0.15, 0.2) is 0 Å². The largest absolute Gasteiger partial charge is 0.416 e. The minimum Gasteiger partial charge on any atom is -0.381 e. The third-order valence-corrected chi connectivity index (χ3v) is 7.66. The van der Waals surface area contributed by atoms with Crippen molar-refractivity contribution in [3.63, 3.8) is 0 Å². The van der Waals surface area contributed by atoms with Gasteiger partial charge in [0.1, 0.15) is 11.9 Å². The summed E-state index contributed by atoms with van der Waals surface area (Å²) in [4.78, 5) is 33.0. The molecule has 0 bridgehead atoms. The molecule has 5 rings (SSSR count). The van der Waals surface area contributed by atoms with E-state index in [4.69, 9.17) is 4.74 Å². The average molecular weight is 520 g/mol. The van der Waals surface area contributed by atoms with Gasteiger partial charge in [-0.3, -0.25) is 14.6 Å². The van der Waals surface area contributed by atoms with E-state index in [1.807, 2.05) is 13.0 Å². The Balaban J connectivity index is 1.39. The summed E-state index contributed by atoms with van der Waals surface area (Å²) >= 11 is 0. The van der Waals surface area contributed by atoms with E-state index in [1.54, 1.807) is 11.1 Å². The Morgan fingerprint density at radius 3 is 2.49 bits per heavy atom. The van der Waals surface area contributed by atoms with E-state index in [2.05, 4.69) is 10.3 Å². The minimum atomic E-state index is -4.68. The lowest BCUT2D eigenvalue weighted by Gasteiger charge is -2.36. The fraction of sp³-hybridized carbons (Fsp3) is 0.519. The second kappa shape index (κ2) is 10.0. The van der Waals surface area contributed by atoms with Crippen LogP contribution in [0.5, 0.6) is 0 Å². The molecule has 3 fully saturated rings. The Bertz CT molecular complexity index is 1180. The number of amides is 2. The van der Waals surface area contributed by atoms with Crippen molar-refractivity contribution in [2.24, 2.45) is 5.92 Å². The van der Waals surface area contributed by atoms with E-state index in [1.165, 1.54) is 6.20 Å². The summed E-state index contributed by atoms with van der Waals surface area (Å²) in [5, 5.41) is 2.85. The Morgan fingerprint density at radius 2 is 1.89 bits per heavy atom. The summed E-state index contributed by atoms with van der Waals surface area (Å²) in [5.74, 6) is -1.64. The summed E-state index contributed by atoms with van der Waals surface area (Å²) < 4.78 is 59.3. The molecule has 1 aliphatic carbocycles. The molecule has 2 aliphatic heterocycles. The summed E-state index contributed by atoms with van der Waals surface area (Å²) in [6.45, 7) is 2.45. The number of nitrogens with zero attached hydrogens (tertiary/aromatic N) is 2. The molecule has 1 aromatic heterocycles. The molecule has 0 radical (unpaired) electrons. The number of aromatic nitrogens is 1. The van der Waals surface area contributed by atoms with Crippen LogP contribution in [0.25, 0.3) is 0 Å². The number of halogens is 4. The standard InChI is InChI=1S/C27H29F4N3O3/c1-2-20-6-8-23(34(20)26(36)17-9-16(11-32-12-17)15-3-4-15)25(35)33-24(18-13-37-14-18)21-7-5-19(10-22(21)28)27(29,30)31/h5,7,9-12,15,18,20,23-24H,2-4,6,8,13-14H2,1H3,(H,33,35)/t20-,23-,24?/m1/s1. The summed E-state index contributed by atoms with van der Waals surface area (Å²) in [7, 11) is 0. The minimum absolute atomic E-state index is 0.0288. The van der Waals surface area contributed by atoms with E-state index in [0.717, 1.165) is 30.5 Å². The lowest BCUT2D eigenvalue weighted by atomic mass is 9.90. The van der Waals surface area contributed by atoms with Gasteiger partial charge in [-0.1, -0.05) is 13.0 Å². The lowest BCUT2D eigenvalue weighted by molar-refractivity contribution is -0.138. The first-order valence-electron chi connectivity index (χ1n) is 12.7. The first-order valence-corrected chi connectivity index (χ1v) is 12.7. The van der Waals surface area contributed by atoms with Gasteiger partial charge < -0.3 is 15.0 Å². The fourth-order valence-corrected chi connectivity index (χ4v) is 5.31. The predicted octanol–water partition coefficient (Wildman–Crippen LogP) is 5.00. The molecule has 3 atom stereocenters. The van der Waals surface area contributed by atoms with Gasteiger partial charge in [-0.15, -0.1) is 0 Å². The molecule has 2 aromatic rings. The highest BCUT2D eigenvalue weighted by atomic mass is 19.4. The maximum absolute atomic E-state index is 14.9. The van der Waals surface area contributed by atoms with Gasteiger partial charge >= 0.3 is 6.18 Å². The van der Waals surface area contributed by atoms with Crippen molar-refractivity contribution in [1.29, 1.82) is 0 Å². The lowest BCUT2D eigenvalue weighted by Crippen LogP contribution is -2.52. The van der Waals surface area contributed by atoms with E-state index in [0.29, 0.717) is 36.8 Å². The molecule has 3 heterocycles. The molecule has 1 unspecified atom stereocenters. The predicted molar refractivity (Wildman–Crippen MR) is 126 cm³/mol. The van der Waals surface area contributed by atoms with Crippen LogP contribution in [0.15, 0.2) is 36.7 Å². The van der Waals surface area contributed by atoms with Gasteiger partial charge in [0.2, 0.25) is 5.91 Å². The maximum Gasteiger partial charge on any atom is 0.416 e. The number of carbonyl (C=O) groups is 2. The van der Waals surface area contributed by atoms with Gasteiger partial charge in [0, 0.05) is 29.9 Å². The van der Waals surface area contributed by atoms with Crippen LogP contribution in [0, 0.1) is 11.7 Å². The molecular formula is C27H29F4N3O3. The molecule has 10 heteroatoms.